The lowest BCUT2D eigenvalue weighted by Gasteiger charge is -2.33. The third-order valence-corrected chi connectivity index (χ3v) is 7.59. The molecule has 1 aromatic heterocycles. The highest BCUT2D eigenvalue weighted by Gasteiger charge is 2.40. The number of hydrogen-bond donors (Lipinski definition) is 3. The van der Waals surface area contributed by atoms with Crippen molar-refractivity contribution in [3.63, 3.8) is 0 Å². The number of nitrogens with one attached hydrogen (secondary N) is 3. The van der Waals surface area contributed by atoms with E-state index < -0.39 is 11.6 Å². The van der Waals surface area contributed by atoms with E-state index in [0.717, 1.165) is 19.3 Å². The van der Waals surface area contributed by atoms with E-state index in [1.54, 1.807) is 25.3 Å². The first-order valence-electron chi connectivity index (χ1n) is 11.8. The SMILES string of the molecule is COCCC(C(=O)NC1CCC2NNC(Cl)C2C1)n1cc(OC)c(-c2cc(Cl)ccc2C#N)cc1=O. The van der Waals surface area contributed by atoms with Crippen LogP contribution in [0, 0.1) is 17.2 Å². The number of alkyl halides is 1. The fourth-order valence-corrected chi connectivity index (χ4v) is 5.55. The number of fused-ring (bicyclic) bond motifs is 1. The Kier molecular flexibility index (Phi) is 8.54. The minimum Gasteiger partial charge on any atom is -0.495 e. The Labute approximate surface area is 219 Å². The van der Waals surface area contributed by atoms with Crippen molar-refractivity contribution in [2.75, 3.05) is 20.8 Å². The number of ether oxygens (including phenoxy) is 2. The predicted molar refractivity (Wildman–Crippen MR) is 137 cm³/mol. The van der Waals surface area contributed by atoms with Gasteiger partial charge in [0.2, 0.25) is 5.91 Å². The van der Waals surface area contributed by atoms with E-state index in [-0.39, 0.29) is 36.0 Å². The molecule has 4 rings (SSSR count). The number of nitrogens with zero attached hydrogens (tertiary/aromatic N) is 2. The zero-order chi connectivity index (χ0) is 25.8. The van der Waals surface area contributed by atoms with Gasteiger partial charge in [0, 0.05) is 60.4 Å². The van der Waals surface area contributed by atoms with Crippen LogP contribution in [0.5, 0.6) is 5.75 Å². The van der Waals surface area contributed by atoms with E-state index in [2.05, 4.69) is 22.2 Å². The number of hydrogen-bond acceptors (Lipinski definition) is 7. The minimum absolute atomic E-state index is 0.0479. The molecule has 0 radical (unpaired) electrons. The molecule has 36 heavy (non-hydrogen) atoms. The Morgan fingerprint density at radius 3 is 2.81 bits per heavy atom. The maximum Gasteiger partial charge on any atom is 0.252 e. The summed E-state index contributed by atoms with van der Waals surface area (Å²) >= 11 is 12.5. The normalized spacial score (nSPS) is 24.0. The van der Waals surface area contributed by atoms with E-state index in [1.807, 2.05) is 0 Å². The van der Waals surface area contributed by atoms with Gasteiger partial charge in [0.05, 0.1) is 30.4 Å². The van der Waals surface area contributed by atoms with Gasteiger partial charge in [-0.3, -0.25) is 19.6 Å². The van der Waals surface area contributed by atoms with Gasteiger partial charge in [-0.2, -0.15) is 5.26 Å². The molecule has 0 bridgehead atoms. The van der Waals surface area contributed by atoms with Gasteiger partial charge in [-0.25, -0.2) is 5.43 Å². The standard InChI is InChI=1S/C25H29Cl2N5O4/c1-35-8-7-21(25(34)29-16-5-6-20-19(10-16)24(27)31-30-20)32-13-22(36-2)18(11-23(32)33)17-9-15(26)4-3-14(17)12-28/h3-4,9,11,13,16,19-21,24,30-31H,5-8,10H2,1-2H3,(H,29,34). The molecule has 5 atom stereocenters. The van der Waals surface area contributed by atoms with E-state index in [1.165, 1.54) is 23.9 Å². The summed E-state index contributed by atoms with van der Waals surface area (Å²) in [5.74, 6) is 0.285. The Balaban J connectivity index is 1.63. The topological polar surface area (TPSA) is 117 Å². The monoisotopic (exact) mass is 533 g/mol. The van der Waals surface area contributed by atoms with E-state index >= 15 is 0 Å². The van der Waals surface area contributed by atoms with Gasteiger partial charge in [0.15, 0.2) is 0 Å². The lowest BCUT2D eigenvalue weighted by Crippen LogP contribution is -2.47. The third kappa shape index (κ3) is 5.53. The highest BCUT2D eigenvalue weighted by molar-refractivity contribution is 6.31. The first-order valence-corrected chi connectivity index (χ1v) is 12.6. The van der Waals surface area contributed by atoms with Crippen LogP contribution in [0.4, 0.5) is 0 Å². The number of halogens is 2. The van der Waals surface area contributed by atoms with Gasteiger partial charge in [-0.15, -0.1) is 11.6 Å². The molecular formula is C25H29Cl2N5O4. The van der Waals surface area contributed by atoms with Crippen molar-refractivity contribution in [2.45, 2.75) is 49.3 Å². The largest absolute Gasteiger partial charge is 0.495 e. The first-order chi connectivity index (χ1) is 17.4. The Bertz CT molecular complexity index is 1210. The Hall–Kier alpha value is -2.61. The quantitative estimate of drug-likeness (QED) is 0.352. The van der Waals surface area contributed by atoms with Crippen molar-refractivity contribution in [3.8, 4) is 22.9 Å². The highest BCUT2D eigenvalue weighted by Crippen LogP contribution is 2.34. The van der Waals surface area contributed by atoms with Gasteiger partial charge < -0.3 is 14.8 Å². The van der Waals surface area contributed by atoms with Crippen LogP contribution >= 0.6 is 23.2 Å². The average molecular weight is 534 g/mol. The molecule has 2 aromatic rings. The van der Waals surface area contributed by atoms with Crippen molar-refractivity contribution >= 4 is 29.1 Å². The van der Waals surface area contributed by atoms with Crippen molar-refractivity contribution in [3.05, 3.63) is 51.4 Å². The van der Waals surface area contributed by atoms with Crippen molar-refractivity contribution in [2.24, 2.45) is 5.92 Å². The molecule has 1 amide bonds. The van der Waals surface area contributed by atoms with Crippen molar-refractivity contribution < 1.29 is 14.3 Å². The third-order valence-electron chi connectivity index (χ3n) is 6.92. The fraction of sp³-hybridized carbons (Fsp3) is 0.480. The number of carbonyl (C=O) groups excluding carboxylic acids is 1. The summed E-state index contributed by atoms with van der Waals surface area (Å²) in [4.78, 5) is 26.7. The number of hydrazine groups is 1. The second kappa shape index (κ2) is 11.6. The highest BCUT2D eigenvalue weighted by atomic mass is 35.5. The van der Waals surface area contributed by atoms with Crippen molar-refractivity contribution in [1.29, 1.82) is 5.26 Å². The maximum atomic E-state index is 13.5. The zero-order valence-corrected chi connectivity index (χ0v) is 21.6. The van der Waals surface area contributed by atoms with Gasteiger partial charge in [0.25, 0.3) is 5.56 Å². The minimum atomic E-state index is -0.806. The van der Waals surface area contributed by atoms with Crippen LogP contribution in [0.15, 0.2) is 35.3 Å². The molecule has 2 fully saturated rings. The molecule has 1 aromatic carbocycles. The molecule has 11 heteroatoms. The summed E-state index contributed by atoms with van der Waals surface area (Å²) in [6.07, 6.45) is 4.24. The molecule has 5 unspecified atom stereocenters. The van der Waals surface area contributed by atoms with Crippen LogP contribution < -0.4 is 26.5 Å². The summed E-state index contributed by atoms with van der Waals surface area (Å²) in [5.41, 5.74) is 6.94. The van der Waals surface area contributed by atoms with Crippen LogP contribution in [0.1, 0.15) is 37.3 Å². The second-order valence-corrected chi connectivity index (χ2v) is 9.99. The summed E-state index contributed by atoms with van der Waals surface area (Å²) in [6.45, 7) is 0.286. The van der Waals surface area contributed by atoms with Gasteiger partial charge >= 0.3 is 0 Å². The fourth-order valence-electron chi connectivity index (χ4n) is 5.04. The molecule has 2 aliphatic rings. The number of methoxy groups -OCH3 is 2. The van der Waals surface area contributed by atoms with Crippen LogP contribution in [0.25, 0.3) is 11.1 Å². The van der Waals surface area contributed by atoms with Gasteiger partial charge in [-0.1, -0.05) is 11.6 Å². The summed E-state index contributed by atoms with van der Waals surface area (Å²) in [6, 6.07) is 7.74. The molecule has 9 nitrogen and oxygen atoms in total. The number of amides is 1. The summed E-state index contributed by atoms with van der Waals surface area (Å²) < 4.78 is 12.2. The Morgan fingerprint density at radius 1 is 1.28 bits per heavy atom. The second-order valence-electron chi connectivity index (χ2n) is 9.08. The van der Waals surface area contributed by atoms with Crippen LogP contribution in [0.3, 0.4) is 0 Å². The molecule has 1 saturated heterocycles. The van der Waals surface area contributed by atoms with Crippen molar-refractivity contribution in [1.82, 2.24) is 20.7 Å². The average Bonchev–Trinajstić information content (AvgIpc) is 3.24. The van der Waals surface area contributed by atoms with E-state index in [4.69, 9.17) is 32.7 Å². The molecule has 3 N–H and O–H groups in total. The molecule has 1 aliphatic heterocycles. The van der Waals surface area contributed by atoms with E-state index in [9.17, 15) is 14.9 Å². The number of nitriles is 1. The first kappa shape index (κ1) is 26.5. The van der Waals surface area contributed by atoms with Crippen LogP contribution in [-0.2, 0) is 9.53 Å². The number of aromatic nitrogens is 1. The van der Waals surface area contributed by atoms with Crippen LogP contribution in [0.2, 0.25) is 5.02 Å². The van der Waals surface area contributed by atoms with Gasteiger partial charge in [-0.05, 0) is 37.5 Å². The predicted octanol–water partition coefficient (Wildman–Crippen LogP) is 2.95. The number of pyridine rings is 1. The number of benzene rings is 1. The summed E-state index contributed by atoms with van der Waals surface area (Å²) in [5, 5.41) is 13.1. The molecule has 1 saturated carbocycles. The van der Waals surface area contributed by atoms with Crippen LogP contribution in [-0.4, -0.2) is 48.9 Å². The molecule has 1 aliphatic carbocycles. The number of rotatable bonds is 8. The smallest absolute Gasteiger partial charge is 0.252 e. The van der Waals surface area contributed by atoms with E-state index in [0.29, 0.717) is 33.9 Å². The summed E-state index contributed by atoms with van der Waals surface area (Å²) in [7, 11) is 3.02. The molecule has 0 spiro atoms. The lowest BCUT2D eigenvalue weighted by molar-refractivity contribution is -0.126. The van der Waals surface area contributed by atoms with Gasteiger partial charge in [0.1, 0.15) is 11.8 Å². The maximum absolute atomic E-state index is 13.5. The number of carbonyl (C=O) groups is 1. The zero-order valence-electron chi connectivity index (χ0n) is 20.1. The molecule has 2 heterocycles. The molecule has 192 valence electrons. The lowest BCUT2D eigenvalue weighted by atomic mass is 9.82. The molecular weight excluding hydrogens is 505 g/mol. The Morgan fingerprint density at radius 2 is 2.08 bits per heavy atom.